The summed E-state index contributed by atoms with van der Waals surface area (Å²) in [5.74, 6) is 0.0153. The molecule has 1 amide bonds. The van der Waals surface area contributed by atoms with Crippen LogP contribution in [0.5, 0.6) is 5.75 Å². The van der Waals surface area contributed by atoms with Gasteiger partial charge in [0.2, 0.25) is 0 Å². The minimum absolute atomic E-state index is 0.0582. The van der Waals surface area contributed by atoms with E-state index in [1.54, 1.807) is 43.3 Å². The van der Waals surface area contributed by atoms with Crippen molar-refractivity contribution in [2.75, 3.05) is 17.5 Å². The van der Waals surface area contributed by atoms with Crippen molar-refractivity contribution in [3.05, 3.63) is 87.5 Å². The molecule has 0 fully saturated rings. The first-order valence-corrected chi connectivity index (χ1v) is 13.1. The molecule has 0 radical (unpaired) electrons. The van der Waals surface area contributed by atoms with Crippen LogP contribution in [-0.4, -0.2) is 33.2 Å². The van der Waals surface area contributed by atoms with E-state index >= 15 is 0 Å². The van der Waals surface area contributed by atoms with Crippen molar-refractivity contribution in [2.24, 2.45) is 5.10 Å². The summed E-state index contributed by atoms with van der Waals surface area (Å²) in [5, 5.41) is 4.16. The Bertz CT molecular complexity index is 1270. The summed E-state index contributed by atoms with van der Waals surface area (Å²) >= 11 is 2.20. The summed E-state index contributed by atoms with van der Waals surface area (Å²) in [6.07, 6.45) is 0. The van der Waals surface area contributed by atoms with Crippen LogP contribution in [0.4, 0.5) is 5.69 Å². The van der Waals surface area contributed by atoms with Crippen molar-refractivity contribution in [1.29, 1.82) is 0 Å². The molecule has 0 atom stereocenters. The molecule has 0 aromatic heterocycles. The summed E-state index contributed by atoms with van der Waals surface area (Å²) in [6, 6.07) is 20.8. The van der Waals surface area contributed by atoms with E-state index in [0.717, 1.165) is 19.0 Å². The van der Waals surface area contributed by atoms with Gasteiger partial charge in [-0.15, -0.1) is 0 Å². The van der Waals surface area contributed by atoms with E-state index in [-0.39, 0.29) is 4.90 Å². The molecule has 0 saturated carbocycles. The van der Waals surface area contributed by atoms with Gasteiger partial charge >= 0.3 is 0 Å². The summed E-state index contributed by atoms with van der Waals surface area (Å²) < 4.78 is 34.5. The lowest BCUT2D eigenvalue weighted by molar-refractivity contribution is -0.119. The summed E-state index contributed by atoms with van der Waals surface area (Å²) in [7, 11) is -4.02. The van der Waals surface area contributed by atoms with E-state index in [2.05, 4.69) is 33.1 Å². The normalized spacial score (nSPS) is 11.7. The number of sulfonamides is 1. The van der Waals surface area contributed by atoms with E-state index in [0.29, 0.717) is 23.8 Å². The van der Waals surface area contributed by atoms with Gasteiger partial charge in [-0.05, 0) is 97.5 Å². The van der Waals surface area contributed by atoms with E-state index in [9.17, 15) is 13.2 Å². The number of carbonyl (C=O) groups excluding carboxylic acids is 1. The Kier molecular flexibility index (Phi) is 8.67. The number of nitrogens with one attached hydrogen (secondary N) is 1. The molecule has 0 aliphatic heterocycles. The standard InChI is InChI=1S/C25H26IN3O4S/c1-4-33-23-12-14-24(15-13-23)34(31,32)29(22-10-8-18(2)9-11-22)17-25(30)28-27-19(3)20-6-5-7-21(26)16-20/h5-16H,4,17H2,1-3H3,(H,28,30)/b27-19-. The molecule has 178 valence electrons. The Hall–Kier alpha value is -2.92. The van der Waals surface area contributed by atoms with Gasteiger partial charge < -0.3 is 4.74 Å². The first-order valence-electron chi connectivity index (χ1n) is 10.6. The highest BCUT2D eigenvalue weighted by Gasteiger charge is 2.27. The van der Waals surface area contributed by atoms with Crippen LogP contribution < -0.4 is 14.5 Å². The van der Waals surface area contributed by atoms with Crippen LogP contribution in [0.3, 0.4) is 0 Å². The molecule has 34 heavy (non-hydrogen) atoms. The summed E-state index contributed by atoms with van der Waals surface area (Å²) in [6.45, 7) is 5.58. The smallest absolute Gasteiger partial charge is 0.264 e. The maximum atomic E-state index is 13.5. The largest absolute Gasteiger partial charge is 0.494 e. The molecule has 3 aromatic carbocycles. The van der Waals surface area contributed by atoms with Crippen molar-refractivity contribution in [1.82, 2.24) is 5.43 Å². The highest BCUT2D eigenvalue weighted by molar-refractivity contribution is 14.1. The molecule has 9 heteroatoms. The minimum atomic E-state index is -4.02. The van der Waals surface area contributed by atoms with Gasteiger partial charge in [-0.1, -0.05) is 29.8 Å². The van der Waals surface area contributed by atoms with Crippen LogP contribution in [0.2, 0.25) is 0 Å². The Morgan fingerprint density at radius 2 is 1.74 bits per heavy atom. The number of aryl methyl sites for hydroxylation is 1. The summed E-state index contributed by atoms with van der Waals surface area (Å²) in [5.41, 5.74) is 5.32. The van der Waals surface area contributed by atoms with Crippen LogP contribution >= 0.6 is 22.6 Å². The highest BCUT2D eigenvalue weighted by atomic mass is 127. The molecular weight excluding hydrogens is 565 g/mol. The Balaban J connectivity index is 1.86. The maximum Gasteiger partial charge on any atom is 0.264 e. The monoisotopic (exact) mass is 591 g/mol. The maximum absolute atomic E-state index is 13.5. The van der Waals surface area contributed by atoms with Gasteiger partial charge in [0.15, 0.2) is 0 Å². The van der Waals surface area contributed by atoms with E-state index in [1.165, 1.54) is 12.1 Å². The van der Waals surface area contributed by atoms with Crippen molar-refractivity contribution in [2.45, 2.75) is 25.7 Å². The molecule has 1 N–H and O–H groups in total. The topological polar surface area (TPSA) is 88.1 Å². The zero-order chi connectivity index (χ0) is 24.7. The number of carbonyl (C=O) groups is 1. The zero-order valence-corrected chi connectivity index (χ0v) is 22.1. The predicted octanol–water partition coefficient (Wildman–Crippen LogP) is 4.73. The summed E-state index contributed by atoms with van der Waals surface area (Å²) in [4.78, 5) is 12.8. The lowest BCUT2D eigenvalue weighted by Gasteiger charge is -2.24. The number of anilines is 1. The van der Waals surface area contributed by atoms with Gasteiger partial charge in [-0.25, -0.2) is 13.8 Å². The third-order valence-electron chi connectivity index (χ3n) is 4.92. The molecule has 0 saturated heterocycles. The number of rotatable bonds is 9. The van der Waals surface area contributed by atoms with E-state index in [4.69, 9.17) is 4.74 Å². The molecule has 0 aliphatic carbocycles. The van der Waals surface area contributed by atoms with E-state index < -0.39 is 22.5 Å². The molecule has 0 bridgehead atoms. The highest BCUT2D eigenvalue weighted by Crippen LogP contribution is 2.25. The van der Waals surface area contributed by atoms with Gasteiger partial charge in [0, 0.05) is 3.57 Å². The Morgan fingerprint density at radius 1 is 1.06 bits per heavy atom. The van der Waals surface area contributed by atoms with Crippen LogP contribution in [-0.2, 0) is 14.8 Å². The molecule has 7 nitrogen and oxygen atoms in total. The number of hydrazone groups is 1. The average Bonchev–Trinajstić information content (AvgIpc) is 2.82. The van der Waals surface area contributed by atoms with Gasteiger partial charge in [-0.3, -0.25) is 9.10 Å². The van der Waals surface area contributed by atoms with Crippen LogP contribution in [0.25, 0.3) is 0 Å². The molecule has 3 aromatic rings. The molecule has 3 rings (SSSR count). The van der Waals surface area contributed by atoms with Crippen LogP contribution in [0.15, 0.2) is 82.8 Å². The second-order valence-electron chi connectivity index (χ2n) is 7.49. The number of benzene rings is 3. The first kappa shape index (κ1) is 25.7. The molecule has 0 spiro atoms. The van der Waals surface area contributed by atoms with Crippen molar-refractivity contribution < 1.29 is 17.9 Å². The third kappa shape index (κ3) is 6.57. The zero-order valence-electron chi connectivity index (χ0n) is 19.2. The van der Waals surface area contributed by atoms with E-state index in [1.807, 2.05) is 38.1 Å². The van der Waals surface area contributed by atoms with Crippen LogP contribution in [0, 0.1) is 10.5 Å². The van der Waals surface area contributed by atoms with Crippen LogP contribution in [0.1, 0.15) is 25.0 Å². The molecular formula is C25H26IN3O4S. The SMILES string of the molecule is CCOc1ccc(S(=O)(=O)N(CC(=O)N/N=C(/C)c2cccc(I)c2)c2ccc(C)cc2)cc1. The molecule has 0 unspecified atom stereocenters. The fourth-order valence-electron chi connectivity index (χ4n) is 3.12. The first-order chi connectivity index (χ1) is 16.2. The second-order valence-corrected chi connectivity index (χ2v) is 10.6. The van der Waals surface area contributed by atoms with Crippen molar-refractivity contribution >= 4 is 49.9 Å². The third-order valence-corrected chi connectivity index (χ3v) is 7.38. The van der Waals surface area contributed by atoms with Crippen molar-refractivity contribution in [3.63, 3.8) is 0 Å². The second kappa shape index (κ2) is 11.5. The Morgan fingerprint density at radius 3 is 2.35 bits per heavy atom. The minimum Gasteiger partial charge on any atom is -0.494 e. The number of hydrogen-bond acceptors (Lipinski definition) is 5. The molecule has 0 aliphatic rings. The Labute approximate surface area is 214 Å². The predicted molar refractivity (Wildman–Crippen MR) is 143 cm³/mol. The number of ether oxygens (including phenoxy) is 1. The number of nitrogens with zero attached hydrogens (tertiary/aromatic N) is 2. The van der Waals surface area contributed by atoms with Gasteiger partial charge in [0.05, 0.1) is 22.9 Å². The van der Waals surface area contributed by atoms with Crippen molar-refractivity contribution in [3.8, 4) is 5.75 Å². The lowest BCUT2D eigenvalue weighted by Crippen LogP contribution is -2.39. The van der Waals surface area contributed by atoms with Gasteiger partial charge in [0.1, 0.15) is 12.3 Å². The fourth-order valence-corrected chi connectivity index (χ4v) is 5.08. The van der Waals surface area contributed by atoms with Gasteiger partial charge in [-0.2, -0.15) is 5.10 Å². The van der Waals surface area contributed by atoms with Gasteiger partial charge in [0.25, 0.3) is 15.9 Å². The number of amides is 1. The average molecular weight is 591 g/mol. The fraction of sp³-hybridized carbons (Fsp3) is 0.200. The lowest BCUT2D eigenvalue weighted by atomic mass is 10.1. The number of hydrogen-bond donors (Lipinski definition) is 1. The molecule has 0 heterocycles. The quantitative estimate of drug-likeness (QED) is 0.222. The number of halogens is 1.